The number of hydrogen-bond donors (Lipinski definition) is 0. The molecule has 0 rings (SSSR count). The standard InChI is InChI=1S/C6H12O4.C2H4O2.Zr/c1-3-9-6(5(7)8)10-4-2;1-2(3)4;/h6H,3-4H2,1-2H3,(H,7,8);1H3,(H,3,4);/q;;+2/p-2. The van der Waals surface area contributed by atoms with Gasteiger partial charge in [0.15, 0.2) is 0 Å². The van der Waals surface area contributed by atoms with Crippen LogP contribution in [0.3, 0.4) is 0 Å². The molecule has 0 atom stereocenters. The molecule has 0 aromatic heterocycles. The summed E-state index contributed by atoms with van der Waals surface area (Å²) in [5.74, 6) is -1.08. The van der Waals surface area contributed by atoms with Crippen LogP contribution in [0.15, 0.2) is 0 Å². The van der Waals surface area contributed by atoms with E-state index in [1.165, 1.54) is 6.92 Å². The van der Waals surface area contributed by atoms with Gasteiger partial charge in [-0.05, 0) is 0 Å². The van der Waals surface area contributed by atoms with E-state index in [9.17, 15) is 9.59 Å². The summed E-state index contributed by atoms with van der Waals surface area (Å²) in [5, 5.41) is 0. The van der Waals surface area contributed by atoms with Crippen LogP contribution in [-0.4, -0.2) is 31.4 Å². The molecule has 0 aromatic rings. The molecule has 0 saturated heterocycles. The normalized spacial score (nSPS) is 9.87. The van der Waals surface area contributed by atoms with Crippen LogP contribution >= 0.6 is 0 Å². The third-order valence-electron chi connectivity index (χ3n) is 1.16. The quantitative estimate of drug-likeness (QED) is 0.634. The molecule has 0 spiro atoms. The van der Waals surface area contributed by atoms with Crippen molar-refractivity contribution in [2.75, 3.05) is 13.2 Å². The number of ether oxygens (including phenoxy) is 2. The van der Waals surface area contributed by atoms with Gasteiger partial charge in [0.1, 0.15) is 0 Å². The van der Waals surface area contributed by atoms with Crippen molar-refractivity contribution in [3.63, 3.8) is 0 Å². The summed E-state index contributed by atoms with van der Waals surface area (Å²) in [7, 11) is 0. The van der Waals surface area contributed by atoms with Crippen LogP contribution in [0.2, 0.25) is 0 Å². The van der Waals surface area contributed by atoms with Gasteiger partial charge in [0.2, 0.25) is 0 Å². The molecular weight excluding hydrogens is 283 g/mol. The zero-order valence-electron chi connectivity index (χ0n) is 8.94. The summed E-state index contributed by atoms with van der Waals surface area (Å²) >= 11 is -1.89. The monoisotopic (exact) mass is 296 g/mol. The number of hydrogen-bond acceptors (Lipinski definition) is 6. The van der Waals surface area contributed by atoms with Crippen molar-refractivity contribution in [1.82, 2.24) is 0 Å². The Bertz CT molecular complexity index is 201. The third-order valence-corrected chi connectivity index (χ3v) is 2.77. The van der Waals surface area contributed by atoms with E-state index in [2.05, 4.69) is 2.81 Å². The summed E-state index contributed by atoms with van der Waals surface area (Å²) < 4.78 is 19.3. The van der Waals surface area contributed by atoms with Gasteiger partial charge in [-0.2, -0.15) is 0 Å². The van der Waals surface area contributed by atoms with Crippen LogP contribution in [0.25, 0.3) is 0 Å². The van der Waals surface area contributed by atoms with E-state index >= 15 is 0 Å². The minimum atomic E-state index is -1.89. The van der Waals surface area contributed by atoms with Gasteiger partial charge in [0, 0.05) is 0 Å². The van der Waals surface area contributed by atoms with Gasteiger partial charge in [0.05, 0.1) is 0 Å². The van der Waals surface area contributed by atoms with E-state index in [1.807, 2.05) is 0 Å². The fraction of sp³-hybridized carbons (Fsp3) is 0.750. The molecule has 0 fully saturated rings. The maximum absolute atomic E-state index is 11.3. The van der Waals surface area contributed by atoms with Crippen molar-refractivity contribution in [1.29, 1.82) is 0 Å². The fourth-order valence-electron chi connectivity index (χ4n) is 0.656. The van der Waals surface area contributed by atoms with Crippen LogP contribution in [0, 0.1) is 0 Å². The van der Waals surface area contributed by atoms with Crippen LogP contribution in [0.5, 0.6) is 0 Å². The van der Waals surface area contributed by atoms with Gasteiger partial charge < -0.3 is 0 Å². The van der Waals surface area contributed by atoms with Gasteiger partial charge in [-0.25, -0.2) is 0 Å². The second-order valence-corrected chi connectivity index (χ2v) is 3.75. The third kappa shape index (κ3) is 7.65. The first-order valence-corrected chi connectivity index (χ1v) is 6.48. The molecule has 7 heteroatoms. The van der Waals surface area contributed by atoms with E-state index in [4.69, 9.17) is 12.3 Å². The van der Waals surface area contributed by atoms with Crippen LogP contribution < -0.4 is 0 Å². The summed E-state index contributed by atoms with van der Waals surface area (Å²) in [6.45, 7) is 5.44. The molecule has 0 N–H and O–H groups in total. The molecule has 0 aromatic carbocycles. The zero-order chi connectivity index (χ0) is 11.7. The van der Waals surface area contributed by atoms with Crippen LogP contribution in [-0.2, 0) is 48.8 Å². The first-order chi connectivity index (χ1) is 7.11. The van der Waals surface area contributed by atoms with E-state index in [1.54, 1.807) is 13.8 Å². The second kappa shape index (κ2) is 9.00. The number of carbonyl (C=O) groups is 2. The van der Waals surface area contributed by atoms with Crippen molar-refractivity contribution >= 4 is 11.9 Å². The molecule has 0 radical (unpaired) electrons. The van der Waals surface area contributed by atoms with Crippen LogP contribution in [0.4, 0.5) is 0 Å². The Morgan fingerprint density at radius 2 is 1.67 bits per heavy atom. The molecule has 0 unspecified atom stereocenters. The molecule has 0 aliphatic heterocycles. The van der Waals surface area contributed by atoms with E-state index in [0.717, 1.165) is 0 Å². The Balaban J connectivity index is 3.85. The zero-order valence-corrected chi connectivity index (χ0v) is 11.4. The Morgan fingerprint density at radius 3 is 2.07 bits per heavy atom. The van der Waals surface area contributed by atoms with Gasteiger partial charge in [-0.15, -0.1) is 0 Å². The second-order valence-electron chi connectivity index (χ2n) is 2.34. The van der Waals surface area contributed by atoms with Gasteiger partial charge in [-0.3, -0.25) is 0 Å². The van der Waals surface area contributed by atoms with Crippen molar-refractivity contribution in [2.24, 2.45) is 0 Å². The Kier molecular flexibility index (Phi) is 8.85. The molecule has 15 heavy (non-hydrogen) atoms. The predicted octanol–water partition coefficient (Wildman–Crippen LogP) is 0.404. The van der Waals surface area contributed by atoms with Crippen molar-refractivity contribution in [2.45, 2.75) is 27.1 Å². The Morgan fingerprint density at radius 1 is 1.13 bits per heavy atom. The first-order valence-electron chi connectivity index (χ1n) is 4.48. The molecule has 86 valence electrons. The molecular formula is C8H14O6Zr. The fourth-order valence-corrected chi connectivity index (χ4v) is 1.48. The molecule has 0 bridgehead atoms. The SMILES string of the molecule is CCOC(OCC)C(=O)[O][Zr][O]C(C)=O. The maximum atomic E-state index is 11.3. The summed E-state index contributed by atoms with van der Waals surface area (Å²) in [4.78, 5) is 21.7. The Hall–Kier alpha value is -0.257. The molecule has 0 aliphatic rings. The van der Waals surface area contributed by atoms with E-state index < -0.39 is 42.3 Å². The average molecular weight is 297 g/mol. The predicted molar refractivity (Wildman–Crippen MR) is 44.9 cm³/mol. The molecule has 0 saturated carbocycles. The summed E-state index contributed by atoms with van der Waals surface area (Å²) in [6.07, 6.45) is -1.02. The average Bonchev–Trinajstić information content (AvgIpc) is 2.16. The molecule has 0 heterocycles. The molecule has 0 amide bonds. The van der Waals surface area contributed by atoms with Gasteiger partial charge in [-0.1, -0.05) is 0 Å². The topological polar surface area (TPSA) is 71.1 Å². The van der Waals surface area contributed by atoms with Gasteiger partial charge in [0.25, 0.3) is 0 Å². The minimum absolute atomic E-state index is 0.346. The molecule has 6 nitrogen and oxygen atoms in total. The van der Waals surface area contributed by atoms with Crippen molar-refractivity contribution in [3.8, 4) is 0 Å². The van der Waals surface area contributed by atoms with Crippen LogP contribution in [0.1, 0.15) is 20.8 Å². The van der Waals surface area contributed by atoms with Gasteiger partial charge >= 0.3 is 101 Å². The number of rotatable bonds is 7. The Labute approximate surface area is 101 Å². The van der Waals surface area contributed by atoms with Crippen molar-refractivity contribution < 1.29 is 48.8 Å². The van der Waals surface area contributed by atoms with E-state index in [0.29, 0.717) is 13.2 Å². The summed E-state index contributed by atoms with van der Waals surface area (Å²) in [5.41, 5.74) is 0. The molecule has 0 aliphatic carbocycles. The summed E-state index contributed by atoms with van der Waals surface area (Å²) in [6, 6.07) is 0. The number of carbonyl (C=O) groups excluding carboxylic acids is 2. The first kappa shape index (κ1) is 14.7. The van der Waals surface area contributed by atoms with E-state index in [-0.39, 0.29) is 0 Å². The van der Waals surface area contributed by atoms with Crippen molar-refractivity contribution in [3.05, 3.63) is 0 Å².